The fourth-order valence-electron chi connectivity index (χ4n) is 3.04. The highest BCUT2D eigenvalue weighted by atomic mass is 16.2. The lowest BCUT2D eigenvalue weighted by Crippen LogP contribution is -2.31. The van der Waals surface area contributed by atoms with Crippen LogP contribution in [0.3, 0.4) is 0 Å². The van der Waals surface area contributed by atoms with E-state index in [-0.39, 0.29) is 17.2 Å². The summed E-state index contributed by atoms with van der Waals surface area (Å²) in [7, 11) is 0. The van der Waals surface area contributed by atoms with Crippen LogP contribution in [0.15, 0.2) is 64.8 Å². The van der Waals surface area contributed by atoms with Gasteiger partial charge in [0.1, 0.15) is 6.33 Å². The zero-order valence-corrected chi connectivity index (χ0v) is 13.7. The van der Waals surface area contributed by atoms with Crippen LogP contribution >= 0.6 is 0 Å². The van der Waals surface area contributed by atoms with Gasteiger partial charge in [-0.1, -0.05) is 37.3 Å². The van der Waals surface area contributed by atoms with Crippen molar-refractivity contribution in [2.45, 2.75) is 13.3 Å². The number of rotatable bonds is 3. The highest BCUT2D eigenvalue weighted by molar-refractivity contribution is 6.54. The monoisotopic (exact) mass is 332 g/mol. The minimum atomic E-state index is -0.294. The van der Waals surface area contributed by atoms with Crippen LogP contribution in [-0.4, -0.2) is 27.8 Å². The molecule has 0 saturated heterocycles. The summed E-state index contributed by atoms with van der Waals surface area (Å²) in [4.78, 5) is 31.4. The lowest BCUT2D eigenvalue weighted by atomic mass is 10.1. The van der Waals surface area contributed by atoms with E-state index in [4.69, 9.17) is 0 Å². The molecule has 0 aliphatic carbocycles. The Morgan fingerprint density at radius 3 is 2.64 bits per heavy atom. The lowest BCUT2D eigenvalue weighted by molar-refractivity contribution is -0.112. The first-order chi connectivity index (χ1) is 12.2. The molecular formula is C19H16N4O2. The average Bonchev–Trinajstić information content (AvgIpc) is 2.90. The fourth-order valence-corrected chi connectivity index (χ4v) is 3.04. The van der Waals surface area contributed by atoms with E-state index < -0.39 is 0 Å². The molecule has 1 aliphatic rings. The number of anilines is 1. The van der Waals surface area contributed by atoms with E-state index in [1.54, 1.807) is 23.1 Å². The van der Waals surface area contributed by atoms with Crippen molar-refractivity contribution in [2.24, 2.45) is 5.10 Å². The van der Waals surface area contributed by atoms with E-state index in [9.17, 15) is 9.59 Å². The van der Waals surface area contributed by atoms with E-state index in [0.717, 1.165) is 22.3 Å². The fraction of sp³-hybridized carbons (Fsp3) is 0.158. The number of para-hydroxylation sites is 2. The zero-order valence-electron chi connectivity index (χ0n) is 13.7. The number of aromatic nitrogens is 2. The Hall–Kier alpha value is -3.28. The normalized spacial score (nSPS) is 15.2. The molecule has 3 aromatic rings. The van der Waals surface area contributed by atoms with Gasteiger partial charge in [0.25, 0.3) is 11.5 Å². The maximum Gasteiger partial charge on any atom is 0.281 e. The van der Waals surface area contributed by atoms with Gasteiger partial charge in [0.15, 0.2) is 5.71 Å². The van der Waals surface area contributed by atoms with Gasteiger partial charge < -0.3 is 4.90 Å². The second-order valence-corrected chi connectivity index (χ2v) is 5.83. The summed E-state index contributed by atoms with van der Waals surface area (Å²) in [6.07, 6.45) is 2.20. The van der Waals surface area contributed by atoms with Gasteiger partial charge in [-0.25, -0.2) is 4.98 Å². The van der Waals surface area contributed by atoms with Crippen LogP contribution in [0, 0.1) is 0 Å². The van der Waals surface area contributed by atoms with Gasteiger partial charge >= 0.3 is 0 Å². The lowest BCUT2D eigenvalue weighted by Gasteiger charge is -2.14. The summed E-state index contributed by atoms with van der Waals surface area (Å²) in [6, 6.07) is 14.6. The van der Waals surface area contributed by atoms with Crippen molar-refractivity contribution >= 4 is 28.2 Å². The largest absolute Gasteiger partial charge is 0.306 e. The molecule has 4 rings (SSSR count). The van der Waals surface area contributed by atoms with E-state index in [1.165, 1.54) is 6.33 Å². The molecule has 6 heteroatoms. The molecule has 1 amide bonds. The topological polar surface area (TPSA) is 67.6 Å². The quantitative estimate of drug-likeness (QED) is 0.740. The molecule has 2 aromatic carbocycles. The minimum absolute atomic E-state index is 0.192. The molecule has 1 aromatic heterocycles. The maximum atomic E-state index is 12.8. The Kier molecular flexibility index (Phi) is 3.65. The first kappa shape index (κ1) is 15.3. The van der Waals surface area contributed by atoms with Crippen LogP contribution in [0.25, 0.3) is 10.9 Å². The van der Waals surface area contributed by atoms with Crippen molar-refractivity contribution < 1.29 is 4.79 Å². The van der Waals surface area contributed by atoms with Crippen molar-refractivity contribution in [1.82, 2.24) is 9.66 Å². The number of amides is 1. The highest BCUT2D eigenvalue weighted by Gasteiger charge is 2.33. The number of benzene rings is 2. The number of hydrogen-bond acceptors (Lipinski definition) is 4. The number of carbonyl (C=O) groups is 1. The van der Waals surface area contributed by atoms with Crippen LogP contribution in [0.4, 0.5) is 5.69 Å². The summed E-state index contributed by atoms with van der Waals surface area (Å²) in [5.41, 5.74) is 2.14. The van der Waals surface area contributed by atoms with E-state index in [2.05, 4.69) is 10.1 Å². The Balaban J connectivity index is 1.88. The molecule has 25 heavy (non-hydrogen) atoms. The maximum absolute atomic E-state index is 12.8. The van der Waals surface area contributed by atoms with Gasteiger partial charge in [-0.05, 0) is 24.6 Å². The van der Waals surface area contributed by atoms with Crippen LogP contribution in [0.1, 0.15) is 18.9 Å². The molecule has 0 unspecified atom stereocenters. The number of fused-ring (bicyclic) bond motifs is 2. The minimum Gasteiger partial charge on any atom is -0.306 e. The smallest absolute Gasteiger partial charge is 0.281 e. The molecule has 0 spiro atoms. The molecule has 0 radical (unpaired) electrons. The average molecular weight is 332 g/mol. The summed E-state index contributed by atoms with van der Waals surface area (Å²) in [5, 5.41) is 4.80. The predicted molar refractivity (Wildman–Crippen MR) is 97.0 cm³/mol. The van der Waals surface area contributed by atoms with Crippen molar-refractivity contribution in [1.29, 1.82) is 0 Å². The molecule has 0 atom stereocenters. The third-order valence-corrected chi connectivity index (χ3v) is 4.20. The van der Waals surface area contributed by atoms with Crippen LogP contribution in [-0.2, 0) is 4.79 Å². The van der Waals surface area contributed by atoms with E-state index >= 15 is 0 Å². The first-order valence-corrected chi connectivity index (χ1v) is 8.17. The van der Waals surface area contributed by atoms with E-state index in [1.807, 2.05) is 37.3 Å². The highest BCUT2D eigenvalue weighted by Crippen LogP contribution is 2.29. The Labute approximate surface area is 144 Å². The summed E-state index contributed by atoms with van der Waals surface area (Å²) in [5.74, 6) is -0.192. The molecule has 0 N–H and O–H groups in total. The van der Waals surface area contributed by atoms with Gasteiger partial charge in [-0.2, -0.15) is 9.78 Å². The van der Waals surface area contributed by atoms with Crippen LogP contribution < -0.4 is 10.5 Å². The molecule has 2 heterocycles. The van der Waals surface area contributed by atoms with Crippen LogP contribution in [0.2, 0.25) is 0 Å². The second-order valence-electron chi connectivity index (χ2n) is 5.83. The molecule has 1 aliphatic heterocycles. The van der Waals surface area contributed by atoms with Gasteiger partial charge in [0.05, 0.1) is 16.6 Å². The van der Waals surface area contributed by atoms with E-state index in [0.29, 0.717) is 17.4 Å². The molecular weight excluding hydrogens is 316 g/mol. The Morgan fingerprint density at radius 1 is 1.04 bits per heavy atom. The number of carbonyl (C=O) groups excluding carboxylic acids is 1. The SMILES string of the molecule is CCCN1C(=O)/C(=N/n2cnc3ccccc3c2=O)c2ccccc21. The second kappa shape index (κ2) is 5.98. The number of nitrogens with zero attached hydrogens (tertiary/aromatic N) is 4. The molecule has 124 valence electrons. The molecule has 0 saturated carbocycles. The van der Waals surface area contributed by atoms with Crippen molar-refractivity contribution in [2.75, 3.05) is 11.4 Å². The number of hydrogen-bond donors (Lipinski definition) is 0. The third kappa shape index (κ3) is 2.42. The molecule has 0 fully saturated rings. The van der Waals surface area contributed by atoms with Crippen molar-refractivity contribution in [3.63, 3.8) is 0 Å². The molecule has 6 nitrogen and oxygen atoms in total. The van der Waals surface area contributed by atoms with Gasteiger partial charge in [-0.3, -0.25) is 9.59 Å². The van der Waals surface area contributed by atoms with Crippen LogP contribution in [0.5, 0.6) is 0 Å². The predicted octanol–water partition coefficient (Wildman–Crippen LogP) is 2.41. The zero-order chi connectivity index (χ0) is 17.4. The summed E-state index contributed by atoms with van der Waals surface area (Å²) in [6.45, 7) is 2.63. The molecule has 0 bridgehead atoms. The van der Waals surface area contributed by atoms with Gasteiger partial charge in [-0.15, -0.1) is 0 Å². The summed E-state index contributed by atoms with van der Waals surface area (Å²) >= 11 is 0. The van der Waals surface area contributed by atoms with Gasteiger partial charge in [0, 0.05) is 12.1 Å². The van der Waals surface area contributed by atoms with Crippen molar-refractivity contribution in [3.05, 3.63) is 70.8 Å². The Bertz CT molecular complexity index is 1070. The van der Waals surface area contributed by atoms with Crippen molar-refractivity contribution in [3.8, 4) is 0 Å². The third-order valence-electron chi connectivity index (χ3n) is 4.20. The van der Waals surface area contributed by atoms with Gasteiger partial charge in [0.2, 0.25) is 0 Å². The summed E-state index contributed by atoms with van der Waals surface area (Å²) < 4.78 is 1.14. The Morgan fingerprint density at radius 2 is 1.80 bits per heavy atom. The first-order valence-electron chi connectivity index (χ1n) is 8.17. The standard InChI is InChI=1S/C19H16N4O2/c1-2-11-22-16-10-6-4-8-14(16)17(19(22)25)21-23-12-20-15-9-5-3-7-13(15)18(23)24/h3-10,12H,2,11H2,1H3/b21-17+.